The van der Waals surface area contributed by atoms with Gasteiger partial charge in [0.25, 0.3) is 0 Å². The van der Waals surface area contributed by atoms with E-state index in [4.69, 9.17) is 4.74 Å². The molecule has 86 valence electrons. The molecule has 0 aromatic heterocycles. The van der Waals surface area contributed by atoms with Crippen molar-refractivity contribution < 1.29 is 9.53 Å². The summed E-state index contributed by atoms with van der Waals surface area (Å²) in [6.07, 6.45) is 9.00. The molecule has 3 nitrogen and oxygen atoms in total. The fourth-order valence-electron chi connectivity index (χ4n) is 1.71. The summed E-state index contributed by atoms with van der Waals surface area (Å²) in [4.78, 5) is 11.5. The molecule has 1 amide bonds. The Morgan fingerprint density at radius 2 is 2.40 bits per heavy atom. The Balaban J connectivity index is 2.06. The Morgan fingerprint density at radius 1 is 1.53 bits per heavy atom. The molecular formula is C12H21NO2. The Kier molecular flexibility index (Phi) is 6.09. The number of hydrogen-bond acceptors (Lipinski definition) is 2. The topological polar surface area (TPSA) is 38.3 Å². The number of hydrogen-bond donors (Lipinski definition) is 1. The van der Waals surface area contributed by atoms with Gasteiger partial charge in [0.15, 0.2) is 0 Å². The molecule has 0 radical (unpaired) electrons. The van der Waals surface area contributed by atoms with Crippen LogP contribution in [0.2, 0.25) is 0 Å². The summed E-state index contributed by atoms with van der Waals surface area (Å²) >= 11 is 0. The van der Waals surface area contributed by atoms with Gasteiger partial charge in [0, 0.05) is 13.2 Å². The number of carbonyl (C=O) groups is 1. The third-order valence-corrected chi connectivity index (χ3v) is 2.56. The van der Waals surface area contributed by atoms with Crippen LogP contribution in [0.1, 0.15) is 39.0 Å². The first kappa shape index (κ1) is 12.2. The highest BCUT2D eigenvalue weighted by atomic mass is 16.5. The average Bonchev–Trinajstić information content (AvgIpc) is 2.26. The smallest absolute Gasteiger partial charge is 0.222 e. The fourth-order valence-corrected chi connectivity index (χ4v) is 1.71. The Morgan fingerprint density at radius 3 is 3.07 bits per heavy atom. The highest BCUT2D eigenvalue weighted by molar-refractivity contribution is 5.76. The highest BCUT2D eigenvalue weighted by Crippen LogP contribution is 2.15. The molecule has 1 unspecified atom stereocenters. The van der Waals surface area contributed by atoms with Crippen LogP contribution in [0.25, 0.3) is 0 Å². The molecule has 1 aliphatic heterocycles. The highest BCUT2D eigenvalue weighted by Gasteiger charge is 2.16. The van der Waals surface area contributed by atoms with Crippen LogP contribution in [0.15, 0.2) is 12.2 Å². The zero-order chi connectivity index (χ0) is 10.9. The third kappa shape index (κ3) is 5.57. The van der Waals surface area contributed by atoms with E-state index in [1.54, 1.807) is 0 Å². The second-order valence-corrected chi connectivity index (χ2v) is 3.90. The van der Waals surface area contributed by atoms with Crippen LogP contribution < -0.4 is 5.32 Å². The summed E-state index contributed by atoms with van der Waals surface area (Å²) in [7, 11) is 0. The molecule has 1 saturated heterocycles. The molecule has 1 N–H and O–H groups in total. The molecule has 0 spiro atoms. The van der Waals surface area contributed by atoms with Crippen molar-refractivity contribution in [1.82, 2.24) is 5.32 Å². The molecule has 1 rings (SSSR count). The fraction of sp³-hybridized carbons (Fsp3) is 0.750. The molecule has 3 heteroatoms. The second-order valence-electron chi connectivity index (χ2n) is 3.90. The molecule has 0 bridgehead atoms. The van der Waals surface area contributed by atoms with Crippen molar-refractivity contribution in [3.05, 3.63) is 12.2 Å². The molecule has 15 heavy (non-hydrogen) atoms. The number of ether oxygens (including phenoxy) is 1. The lowest BCUT2D eigenvalue weighted by Gasteiger charge is -2.21. The van der Waals surface area contributed by atoms with Gasteiger partial charge in [0.05, 0.1) is 12.5 Å². The number of rotatable bonds is 5. The van der Waals surface area contributed by atoms with Crippen LogP contribution in [-0.4, -0.2) is 25.2 Å². The maximum atomic E-state index is 11.5. The van der Waals surface area contributed by atoms with Crippen molar-refractivity contribution in [3.63, 3.8) is 0 Å². The van der Waals surface area contributed by atoms with E-state index in [-0.39, 0.29) is 12.0 Å². The van der Waals surface area contributed by atoms with Gasteiger partial charge in [-0.25, -0.2) is 0 Å². The first-order chi connectivity index (χ1) is 7.33. The normalized spacial score (nSPS) is 21.8. The first-order valence-corrected chi connectivity index (χ1v) is 5.82. The van der Waals surface area contributed by atoms with E-state index in [2.05, 4.69) is 11.4 Å². The minimum absolute atomic E-state index is 0.117. The third-order valence-electron chi connectivity index (χ3n) is 2.56. The molecule has 0 saturated carbocycles. The summed E-state index contributed by atoms with van der Waals surface area (Å²) < 4.78 is 5.50. The van der Waals surface area contributed by atoms with Crippen molar-refractivity contribution >= 4 is 5.91 Å². The van der Waals surface area contributed by atoms with Crippen molar-refractivity contribution in [2.75, 3.05) is 13.2 Å². The summed E-state index contributed by atoms with van der Waals surface area (Å²) in [6, 6.07) is 0. The van der Waals surface area contributed by atoms with Gasteiger partial charge in [-0.15, -0.1) is 0 Å². The zero-order valence-electron chi connectivity index (χ0n) is 9.50. The number of amides is 1. The van der Waals surface area contributed by atoms with Gasteiger partial charge in [-0.1, -0.05) is 12.2 Å². The van der Waals surface area contributed by atoms with Gasteiger partial charge >= 0.3 is 0 Å². The minimum Gasteiger partial charge on any atom is -0.378 e. The van der Waals surface area contributed by atoms with E-state index in [0.29, 0.717) is 6.42 Å². The van der Waals surface area contributed by atoms with Crippen LogP contribution in [-0.2, 0) is 9.53 Å². The number of allylic oxidation sites excluding steroid dienone is 1. The first-order valence-electron chi connectivity index (χ1n) is 5.82. The Bertz CT molecular complexity index is 208. The SMILES string of the molecule is C/C=C/CCNC(=O)CC1CCCCO1. The lowest BCUT2D eigenvalue weighted by atomic mass is 10.1. The van der Waals surface area contributed by atoms with Crippen LogP contribution in [0.4, 0.5) is 0 Å². The largest absolute Gasteiger partial charge is 0.378 e. The quantitative estimate of drug-likeness (QED) is 0.558. The van der Waals surface area contributed by atoms with Crippen LogP contribution in [0.3, 0.4) is 0 Å². The average molecular weight is 211 g/mol. The van der Waals surface area contributed by atoms with Crippen molar-refractivity contribution in [2.45, 2.75) is 45.1 Å². The standard InChI is InChI=1S/C12H21NO2/c1-2-3-5-8-13-12(14)10-11-7-4-6-9-15-11/h2-3,11H,4-10H2,1H3,(H,13,14)/b3-2+. The molecule has 1 fully saturated rings. The maximum absolute atomic E-state index is 11.5. The van der Waals surface area contributed by atoms with Gasteiger partial charge < -0.3 is 10.1 Å². The summed E-state index contributed by atoms with van der Waals surface area (Å²) in [5.41, 5.74) is 0. The van der Waals surface area contributed by atoms with Gasteiger partial charge in [0.1, 0.15) is 0 Å². The van der Waals surface area contributed by atoms with Crippen molar-refractivity contribution in [2.24, 2.45) is 0 Å². The molecule has 1 aliphatic rings. The van der Waals surface area contributed by atoms with E-state index >= 15 is 0 Å². The monoisotopic (exact) mass is 211 g/mol. The number of carbonyl (C=O) groups excluding carboxylic acids is 1. The van der Waals surface area contributed by atoms with E-state index in [1.807, 2.05) is 13.0 Å². The van der Waals surface area contributed by atoms with Crippen LogP contribution in [0.5, 0.6) is 0 Å². The lowest BCUT2D eigenvalue weighted by molar-refractivity contribution is -0.124. The molecule has 0 aliphatic carbocycles. The van der Waals surface area contributed by atoms with E-state index < -0.39 is 0 Å². The van der Waals surface area contributed by atoms with Gasteiger partial charge in [-0.3, -0.25) is 4.79 Å². The van der Waals surface area contributed by atoms with Gasteiger partial charge in [-0.05, 0) is 32.6 Å². The summed E-state index contributed by atoms with van der Waals surface area (Å²) in [5, 5.41) is 2.89. The summed E-state index contributed by atoms with van der Waals surface area (Å²) in [5.74, 6) is 0.117. The molecule has 1 heterocycles. The van der Waals surface area contributed by atoms with Crippen LogP contribution >= 0.6 is 0 Å². The van der Waals surface area contributed by atoms with Gasteiger partial charge in [0.2, 0.25) is 5.91 Å². The molecule has 0 aromatic carbocycles. The minimum atomic E-state index is 0.117. The van der Waals surface area contributed by atoms with Gasteiger partial charge in [-0.2, -0.15) is 0 Å². The molecular weight excluding hydrogens is 190 g/mol. The Labute approximate surface area is 91.9 Å². The molecule has 0 aromatic rings. The van der Waals surface area contributed by atoms with E-state index in [1.165, 1.54) is 6.42 Å². The predicted octanol–water partition coefficient (Wildman–Crippen LogP) is 2.03. The Hall–Kier alpha value is -0.830. The zero-order valence-corrected chi connectivity index (χ0v) is 9.50. The predicted molar refractivity (Wildman–Crippen MR) is 60.6 cm³/mol. The van der Waals surface area contributed by atoms with Crippen molar-refractivity contribution in [3.8, 4) is 0 Å². The number of nitrogens with one attached hydrogen (secondary N) is 1. The van der Waals surface area contributed by atoms with E-state index in [9.17, 15) is 4.79 Å². The van der Waals surface area contributed by atoms with Crippen molar-refractivity contribution in [1.29, 1.82) is 0 Å². The van der Waals surface area contributed by atoms with Crippen LogP contribution in [0, 0.1) is 0 Å². The van der Waals surface area contributed by atoms with E-state index in [0.717, 1.165) is 32.4 Å². The molecule has 1 atom stereocenters. The lowest BCUT2D eigenvalue weighted by Crippen LogP contribution is -2.30. The summed E-state index contributed by atoms with van der Waals surface area (Å²) in [6.45, 7) is 3.53. The second kappa shape index (κ2) is 7.46. The maximum Gasteiger partial charge on any atom is 0.222 e.